The molecule has 0 bridgehead atoms. The molecule has 0 radical (unpaired) electrons. The van der Waals surface area contributed by atoms with Crippen molar-refractivity contribution >= 4 is 11.7 Å². The zero-order valence-electron chi connectivity index (χ0n) is 10.6. The molecule has 0 aliphatic heterocycles. The Bertz CT molecular complexity index is 472. The molecule has 17 heavy (non-hydrogen) atoms. The number of aromatic amines is 1. The van der Waals surface area contributed by atoms with Gasteiger partial charge in [0.1, 0.15) is 0 Å². The van der Waals surface area contributed by atoms with Crippen molar-refractivity contribution in [2.75, 3.05) is 0 Å². The van der Waals surface area contributed by atoms with Gasteiger partial charge in [-0.15, -0.1) is 0 Å². The number of carbonyl (C=O) groups is 1. The standard InChI is InChI=1S/C13H18N2O2/c1-4-10-8(2)14-11-6-5-7-12(13(10)11)15-17-9(3)16/h14H,4-7H2,1-3H3/b15-12-. The minimum Gasteiger partial charge on any atom is -0.362 e. The molecule has 0 atom stereocenters. The van der Waals surface area contributed by atoms with Crippen LogP contribution in [0.15, 0.2) is 5.16 Å². The smallest absolute Gasteiger partial charge is 0.331 e. The third kappa shape index (κ3) is 2.25. The van der Waals surface area contributed by atoms with Gasteiger partial charge in [-0.2, -0.15) is 0 Å². The Morgan fingerprint density at radius 1 is 1.47 bits per heavy atom. The van der Waals surface area contributed by atoms with Gasteiger partial charge in [0.2, 0.25) is 0 Å². The number of hydrogen-bond acceptors (Lipinski definition) is 3. The minimum atomic E-state index is -0.366. The molecule has 2 rings (SSSR count). The highest BCUT2D eigenvalue weighted by molar-refractivity contribution is 6.04. The van der Waals surface area contributed by atoms with Crippen LogP contribution in [0.25, 0.3) is 0 Å². The van der Waals surface area contributed by atoms with Crippen LogP contribution >= 0.6 is 0 Å². The van der Waals surface area contributed by atoms with E-state index < -0.39 is 0 Å². The molecule has 1 aliphatic rings. The Kier molecular flexibility index (Phi) is 3.31. The Hall–Kier alpha value is -1.58. The third-order valence-corrected chi connectivity index (χ3v) is 3.16. The summed E-state index contributed by atoms with van der Waals surface area (Å²) in [5.41, 5.74) is 5.82. The normalized spacial score (nSPS) is 17.0. The summed E-state index contributed by atoms with van der Waals surface area (Å²) in [7, 11) is 0. The first-order valence-electron chi connectivity index (χ1n) is 6.08. The quantitative estimate of drug-likeness (QED) is 0.631. The number of aromatic nitrogens is 1. The molecule has 92 valence electrons. The number of fused-ring (bicyclic) bond motifs is 1. The van der Waals surface area contributed by atoms with Crippen molar-refractivity contribution in [1.29, 1.82) is 0 Å². The maximum absolute atomic E-state index is 10.8. The molecule has 1 aromatic rings. The van der Waals surface area contributed by atoms with Crippen LogP contribution in [0, 0.1) is 6.92 Å². The van der Waals surface area contributed by atoms with Gasteiger partial charge in [0.05, 0.1) is 5.71 Å². The highest BCUT2D eigenvalue weighted by Gasteiger charge is 2.23. The first kappa shape index (κ1) is 11.9. The van der Waals surface area contributed by atoms with Crippen LogP contribution in [-0.4, -0.2) is 16.7 Å². The van der Waals surface area contributed by atoms with Crippen molar-refractivity contribution in [1.82, 2.24) is 4.98 Å². The van der Waals surface area contributed by atoms with Gasteiger partial charge >= 0.3 is 5.97 Å². The Morgan fingerprint density at radius 2 is 2.24 bits per heavy atom. The molecule has 0 unspecified atom stereocenters. The third-order valence-electron chi connectivity index (χ3n) is 3.16. The van der Waals surface area contributed by atoms with Crippen LogP contribution in [0.4, 0.5) is 0 Å². The molecular weight excluding hydrogens is 216 g/mol. The second kappa shape index (κ2) is 4.73. The van der Waals surface area contributed by atoms with E-state index >= 15 is 0 Å². The van der Waals surface area contributed by atoms with Crippen molar-refractivity contribution in [3.63, 3.8) is 0 Å². The van der Waals surface area contributed by atoms with Crippen molar-refractivity contribution < 1.29 is 9.63 Å². The molecule has 0 amide bonds. The van der Waals surface area contributed by atoms with Crippen LogP contribution in [-0.2, 0) is 22.5 Å². The zero-order chi connectivity index (χ0) is 12.4. The average Bonchev–Trinajstić information content (AvgIpc) is 2.62. The van der Waals surface area contributed by atoms with Gasteiger partial charge in [0.15, 0.2) is 0 Å². The SMILES string of the molecule is CCc1c(C)[nH]c2c1/C(=N\OC(C)=O)CCC2. The molecule has 1 N–H and O–H groups in total. The lowest BCUT2D eigenvalue weighted by Crippen LogP contribution is -2.13. The van der Waals surface area contributed by atoms with Gasteiger partial charge in [-0.05, 0) is 38.2 Å². The summed E-state index contributed by atoms with van der Waals surface area (Å²) in [6.07, 6.45) is 3.95. The number of carbonyl (C=O) groups excluding carboxylic acids is 1. The topological polar surface area (TPSA) is 54.4 Å². The summed E-state index contributed by atoms with van der Waals surface area (Å²) in [6.45, 7) is 5.59. The van der Waals surface area contributed by atoms with E-state index in [2.05, 4.69) is 24.0 Å². The fourth-order valence-corrected chi connectivity index (χ4v) is 2.48. The van der Waals surface area contributed by atoms with Crippen LogP contribution in [0.2, 0.25) is 0 Å². The molecule has 0 saturated carbocycles. The fraction of sp³-hybridized carbons (Fsp3) is 0.538. The van der Waals surface area contributed by atoms with Crippen LogP contribution < -0.4 is 0 Å². The lowest BCUT2D eigenvalue weighted by molar-refractivity contribution is -0.140. The number of aryl methyl sites for hydroxylation is 2. The second-order valence-electron chi connectivity index (χ2n) is 4.41. The Labute approximate surface area is 101 Å². The van der Waals surface area contributed by atoms with E-state index in [4.69, 9.17) is 4.84 Å². The molecular formula is C13H18N2O2. The van der Waals surface area contributed by atoms with Gasteiger partial charge in [-0.3, -0.25) is 0 Å². The molecule has 4 nitrogen and oxygen atoms in total. The summed E-state index contributed by atoms with van der Waals surface area (Å²) in [4.78, 5) is 19.0. The second-order valence-corrected chi connectivity index (χ2v) is 4.41. The van der Waals surface area contributed by atoms with Crippen LogP contribution in [0.5, 0.6) is 0 Å². The maximum Gasteiger partial charge on any atom is 0.331 e. The molecule has 4 heteroatoms. The van der Waals surface area contributed by atoms with Gasteiger partial charge < -0.3 is 9.82 Å². The Morgan fingerprint density at radius 3 is 2.88 bits per heavy atom. The van der Waals surface area contributed by atoms with E-state index in [1.54, 1.807) is 0 Å². The molecule has 0 fully saturated rings. The number of hydrogen-bond donors (Lipinski definition) is 1. The highest BCUT2D eigenvalue weighted by Crippen LogP contribution is 2.27. The van der Waals surface area contributed by atoms with E-state index in [1.807, 2.05) is 0 Å². The van der Waals surface area contributed by atoms with E-state index in [0.29, 0.717) is 0 Å². The maximum atomic E-state index is 10.8. The first-order valence-corrected chi connectivity index (χ1v) is 6.08. The van der Waals surface area contributed by atoms with E-state index in [1.165, 1.54) is 29.4 Å². The van der Waals surface area contributed by atoms with Crippen LogP contribution in [0.3, 0.4) is 0 Å². The van der Waals surface area contributed by atoms with Crippen molar-refractivity contribution in [3.8, 4) is 0 Å². The molecule has 0 spiro atoms. The van der Waals surface area contributed by atoms with E-state index in [0.717, 1.165) is 31.4 Å². The Balaban J connectivity index is 2.42. The first-order chi connectivity index (χ1) is 8.13. The lowest BCUT2D eigenvalue weighted by Gasteiger charge is -2.14. The number of rotatable bonds is 2. The van der Waals surface area contributed by atoms with Crippen molar-refractivity contribution in [2.24, 2.45) is 5.16 Å². The van der Waals surface area contributed by atoms with Gasteiger partial charge in [0, 0.05) is 23.9 Å². The minimum absolute atomic E-state index is 0.366. The highest BCUT2D eigenvalue weighted by atomic mass is 16.7. The largest absolute Gasteiger partial charge is 0.362 e. The van der Waals surface area contributed by atoms with E-state index in [-0.39, 0.29) is 5.97 Å². The van der Waals surface area contributed by atoms with Gasteiger partial charge in [-0.1, -0.05) is 12.1 Å². The predicted molar refractivity (Wildman–Crippen MR) is 66.1 cm³/mol. The molecule has 0 saturated heterocycles. The van der Waals surface area contributed by atoms with Crippen LogP contribution in [0.1, 0.15) is 49.2 Å². The van der Waals surface area contributed by atoms with Gasteiger partial charge in [-0.25, -0.2) is 4.79 Å². The molecule has 1 aliphatic carbocycles. The molecule has 0 aromatic carbocycles. The summed E-state index contributed by atoms with van der Waals surface area (Å²) in [6, 6.07) is 0. The predicted octanol–water partition coefficient (Wildman–Crippen LogP) is 2.49. The summed E-state index contributed by atoms with van der Waals surface area (Å²) in [5, 5.41) is 3.99. The zero-order valence-corrected chi connectivity index (χ0v) is 10.6. The van der Waals surface area contributed by atoms with Gasteiger partial charge in [0.25, 0.3) is 0 Å². The fourth-order valence-electron chi connectivity index (χ4n) is 2.48. The van der Waals surface area contributed by atoms with Crippen molar-refractivity contribution in [3.05, 3.63) is 22.5 Å². The van der Waals surface area contributed by atoms with E-state index in [9.17, 15) is 4.79 Å². The lowest BCUT2D eigenvalue weighted by atomic mass is 9.92. The van der Waals surface area contributed by atoms with Crippen molar-refractivity contribution in [2.45, 2.75) is 46.5 Å². The summed E-state index contributed by atoms with van der Waals surface area (Å²) >= 11 is 0. The molecule has 1 aromatic heterocycles. The number of nitrogens with zero attached hydrogens (tertiary/aromatic N) is 1. The molecule has 1 heterocycles. The number of H-pyrrole nitrogens is 1. The summed E-state index contributed by atoms with van der Waals surface area (Å²) in [5.74, 6) is -0.366. The monoisotopic (exact) mass is 234 g/mol. The number of nitrogens with one attached hydrogen (secondary N) is 1. The average molecular weight is 234 g/mol. The summed E-state index contributed by atoms with van der Waals surface area (Å²) < 4.78 is 0. The number of oxime groups is 1.